The van der Waals surface area contributed by atoms with Crippen molar-refractivity contribution in [2.24, 2.45) is 50.2 Å². The van der Waals surface area contributed by atoms with Crippen molar-refractivity contribution in [2.75, 3.05) is 0 Å². The number of fused-ring (bicyclic) bond motifs is 7. The molecule has 0 aromatic carbocycles. The summed E-state index contributed by atoms with van der Waals surface area (Å²) in [5.74, 6) is 0.303. The third-order valence-electron chi connectivity index (χ3n) is 12.3. The fourth-order valence-corrected chi connectivity index (χ4v) is 10.5. The predicted molar refractivity (Wildman–Crippen MR) is 136 cm³/mol. The molecule has 0 bridgehead atoms. The monoisotopic (exact) mass is 486 g/mol. The van der Waals surface area contributed by atoms with Gasteiger partial charge in [0.2, 0.25) is 0 Å². The summed E-state index contributed by atoms with van der Waals surface area (Å²) in [6, 6.07) is 0. The number of carboxylic acid groups (broad SMARTS) is 1. The van der Waals surface area contributed by atoms with Crippen LogP contribution in [0.15, 0.2) is 22.8 Å². The molecule has 0 amide bonds. The van der Waals surface area contributed by atoms with Gasteiger partial charge in [0.15, 0.2) is 5.78 Å². The lowest BCUT2D eigenvalue weighted by atomic mass is 9.34. The van der Waals surface area contributed by atoms with Crippen LogP contribution < -0.4 is 0 Å². The topological polar surface area (TPSA) is 54.4 Å². The molecule has 5 rings (SSSR count). The van der Waals surface area contributed by atoms with Crippen molar-refractivity contribution in [3.05, 3.63) is 22.8 Å². The second-order valence-electron chi connectivity index (χ2n) is 14.6. The summed E-state index contributed by atoms with van der Waals surface area (Å²) in [6.45, 7) is 16.1. The molecular formula is C30H43ClO3. The fraction of sp³-hybridized carbons (Fsp3) is 0.800. The van der Waals surface area contributed by atoms with Crippen LogP contribution in [0.1, 0.15) is 99.8 Å². The molecule has 0 radical (unpaired) electrons. The number of allylic oxidation sites excluding steroid dienone is 4. The van der Waals surface area contributed by atoms with Gasteiger partial charge in [-0.15, -0.1) is 0 Å². The quantitative estimate of drug-likeness (QED) is 0.385. The minimum Gasteiger partial charge on any atom is -0.481 e. The van der Waals surface area contributed by atoms with E-state index in [0.29, 0.717) is 11.0 Å². The fourth-order valence-electron chi connectivity index (χ4n) is 10.1. The third-order valence-corrected chi connectivity index (χ3v) is 12.6. The first-order valence-corrected chi connectivity index (χ1v) is 13.8. The van der Waals surface area contributed by atoms with Crippen molar-refractivity contribution in [1.82, 2.24) is 0 Å². The number of ketones is 1. The van der Waals surface area contributed by atoms with Gasteiger partial charge in [0, 0.05) is 5.41 Å². The van der Waals surface area contributed by atoms with Crippen LogP contribution in [0, 0.1) is 50.2 Å². The molecule has 5 aliphatic rings. The summed E-state index contributed by atoms with van der Waals surface area (Å²) in [6.07, 6.45) is 12.1. The molecule has 0 aromatic rings. The Morgan fingerprint density at radius 3 is 2.26 bits per heavy atom. The Labute approximate surface area is 210 Å². The van der Waals surface area contributed by atoms with E-state index < -0.39 is 16.8 Å². The number of carbonyl (C=O) groups excluding carboxylic acids is 1. The van der Waals surface area contributed by atoms with Gasteiger partial charge in [-0.25, -0.2) is 0 Å². The van der Waals surface area contributed by atoms with E-state index in [2.05, 4.69) is 60.6 Å². The van der Waals surface area contributed by atoms with Gasteiger partial charge in [-0.05, 0) is 90.8 Å². The standard InChI is InChI=1S/C30H43ClO3/c1-25(2)12-14-30(24(33)34)15-13-28(6)18(19(30)16-25)8-9-22-27(5)17-20(31)23(32)26(3,4)21(27)10-11-29(22,28)7/h8,17,19,21-22H,9-16H2,1-7H3,(H,33,34)/t19?,21-,22+,27-,28+,29+,30-/m0/s1. The SMILES string of the molecule is CC1(C)CC[C@]2(C(=O)O)CC[C@]3(C)C(=CC[C@@H]4[C@@]5(C)C=C(Cl)C(=O)C(C)(C)[C@@H]5CC[C@]43C)C2C1. The molecule has 0 saturated heterocycles. The second kappa shape index (κ2) is 7.02. The van der Waals surface area contributed by atoms with E-state index in [4.69, 9.17) is 11.6 Å². The number of Topliss-reactive ketones (excluding diaryl/α,β-unsaturated/α-hetero) is 1. The van der Waals surface area contributed by atoms with Crippen LogP contribution in [0.2, 0.25) is 0 Å². The Hall–Kier alpha value is -1.09. The summed E-state index contributed by atoms with van der Waals surface area (Å²) in [4.78, 5) is 25.8. The normalized spacial score (nSPS) is 48.9. The zero-order valence-electron chi connectivity index (χ0n) is 22.2. The Kier molecular flexibility index (Phi) is 5.08. The zero-order valence-corrected chi connectivity index (χ0v) is 22.9. The first-order valence-electron chi connectivity index (χ1n) is 13.4. The van der Waals surface area contributed by atoms with Crippen molar-refractivity contribution in [1.29, 1.82) is 0 Å². The number of hydrogen-bond acceptors (Lipinski definition) is 2. The second-order valence-corrected chi connectivity index (χ2v) is 15.0. The van der Waals surface area contributed by atoms with Crippen LogP contribution in [0.25, 0.3) is 0 Å². The Bertz CT molecular complexity index is 1020. The Morgan fingerprint density at radius 1 is 0.971 bits per heavy atom. The van der Waals surface area contributed by atoms with Crippen LogP contribution >= 0.6 is 11.6 Å². The van der Waals surface area contributed by atoms with Gasteiger partial charge < -0.3 is 5.11 Å². The molecule has 3 saturated carbocycles. The van der Waals surface area contributed by atoms with E-state index in [9.17, 15) is 14.7 Å². The minimum absolute atomic E-state index is 0.0210. The summed E-state index contributed by atoms with van der Waals surface area (Å²) < 4.78 is 0. The van der Waals surface area contributed by atoms with E-state index >= 15 is 0 Å². The third kappa shape index (κ3) is 2.83. The number of hydrogen-bond donors (Lipinski definition) is 1. The number of carbonyl (C=O) groups is 2. The molecule has 0 heterocycles. The highest BCUT2D eigenvalue weighted by Crippen LogP contribution is 2.75. The summed E-state index contributed by atoms with van der Waals surface area (Å²) >= 11 is 6.62. The smallest absolute Gasteiger partial charge is 0.310 e. The highest BCUT2D eigenvalue weighted by molar-refractivity contribution is 6.43. The summed E-state index contributed by atoms with van der Waals surface area (Å²) in [7, 11) is 0. The van der Waals surface area contributed by atoms with Crippen LogP contribution in [0.3, 0.4) is 0 Å². The predicted octanol–water partition coefficient (Wildman–Crippen LogP) is 7.78. The molecule has 0 aliphatic heterocycles. The molecule has 3 fully saturated rings. The zero-order chi connectivity index (χ0) is 25.1. The number of aliphatic carboxylic acids is 1. The average molecular weight is 487 g/mol. The van der Waals surface area contributed by atoms with Crippen molar-refractivity contribution in [3.63, 3.8) is 0 Å². The molecule has 34 heavy (non-hydrogen) atoms. The van der Waals surface area contributed by atoms with Crippen molar-refractivity contribution in [2.45, 2.75) is 99.8 Å². The lowest BCUT2D eigenvalue weighted by Crippen LogP contribution is -2.64. The minimum atomic E-state index is -0.604. The van der Waals surface area contributed by atoms with Crippen molar-refractivity contribution >= 4 is 23.4 Å². The molecule has 4 heteroatoms. The van der Waals surface area contributed by atoms with Crippen molar-refractivity contribution < 1.29 is 14.7 Å². The van der Waals surface area contributed by atoms with Crippen LogP contribution in [-0.2, 0) is 9.59 Å². The molecule has 0 aromatic heterocycles. The van der Waals surface area contributed by atoms with Gasteiger partial charge in [0.1, 0.15) is 0 Å². The number of halogens is 1. The van der Waals surface area contributed by atoms with Crippen molar-refractivity contribution in [3.8, 4) is 0 Å². The molecular weight excluding hydrogens is 444 g/mol. The summed E-state index contributed by atoms with van der Waals surface area (Å²) in [5, 5.41) is 10.9. The van der Waals surface area contributed by atoms with Gasteiger partial charge in [0.05, 0.1) is 10.4 Å². The molecule has 1 N–H and O–H groups in total. The first-order chi connectivity index (χ1) is 15.6. The largest absolute Gasteiger partial charge is 0.481 e. The summed E-state index contributed by atoms with van der Waals surface area (Å²) in [5.41, 5.74) is 0.453. The Morgan fingerprint density at radius 2 is 1.62 bits per heavy atom. The number of rotatable bonds is 1. The van der Waals surface area contributed by atoms with Crippen LogP contribution in [0.4, 0.5) is 0 Å². The molecule has 7 atom stereocenters. The van der Waals surface area contributed by atoms with E-state index in [1.165, 1.54) is 5.57 Å². The molecule has 0 spiro atoms. The van der Waals surface area contributed by atoms with E-state index in [0.717, 1.165) is 51.4 Å². The maximum absolute atomic E-state index is 13.0. The first kappa shape index (κ1) is 24.6. The number of carboxylic acids is 1. The lowest BCUT2D eigenvalue weighted by Gasteiger charge is -2.69. The van der Waals surface area contributed by atoms with Gasteiger partial charge in [-0.3, -0.25) is 9.59 Å². The van der Waals surface area contributed by atoms with E-state index in [1.54, 1.807) is 0 Å². The van der Waals surface area contributed by atoms with Crippen LogP contribution in [0.5, 0.6) is 0 Å². The average Bonchev–Trinajstić information content (AvgIpc) is 2.72. The molecule has 188 valence electrons. The highest BCUT2D eigenvalue weighted by atomic mass is 35.5. The van der Waals surface area contributed by atoms with E-state index in [1.807, 2.05) is 0 Å². The molecule has 3 nitrogen and oxygen atoms in total. The van der Waals surface area contributed by atoms with Gasteiger partial charge >= 0.3 is 5.97 Å². The van der Waals surface area contributed by atoms with E-state index in [-0.39, 0.29) is 39.3 Å². The maximum atomic E-state index is 13.0. The maximum Gasteiger partial charge on any atom is 0.310 e. The highest BCUT2D eigenvalue weighted by Gasteiger charge is 2.69. The van der Waals surface area contributed by atoms with Gasteiger partial charge in [-0.1, -0.05) is 77.8 Å². The lowest BCUT2D eigenvalue weighted by molar-refractivity contribution is -0.174. The van der Waals surface area contributed by atoms with Gasteiger partial charge in [-0.2, -0.15) is 0 Å². The Balaban J connectivity index is 1.64. The molecule has 1 unspecified atom stereocenters. The van der Waals surface area contributed by atoms with Gasteiger partial charge in [0.25, 0.3) is 0 Å². The van der Waals surface area contributed by atoms with Crippen LogP contribution in [-0.4, -0.2) is 16.9 Å². The molecule has 5 aliphatic carbocycles.